The van der Waals surface area contributed by atoms with Gasteiger partial charge in [0, 0.05) is 12.6 Å². The molecule has 2 rings (SSSR count). The molecule has 5 heteroatoms. The largest absolute Gasteiger partial charge is 0.383 e. The summed E-state index contributed by atoms with van der Waals surface area (Å²) in [5, 5.41) is 0.669. The van der Waals surface area contributed by atoms with Crippen molar-refractivity contribution in [3.05, 3.63) is 29.0 Å². The van der Waals surface area contributed by atoms with Crippen LogP contribution in [0.1, 0.15) is 5.69 Å². The van der Waals surface area contributed by atoms with Gasteiger partial charge in [0.05, 0.1) is 10.7 Å². The average molecular weight is 242 g/mol. The Bertz CT molecular complexity index is 481. The zero-order chi connectivity index (χ0) is 10.8. The van der Waals surface area contributed by atoms with Crippen LogP contribution in [-0.4, -0.2) is 21.4 Å². The van der Waals surface area contributed by atoms with E-state index in [-0.39, 0.29) is 0 Å². The third kappa shape index (κ3) is 2.06. The summed E-state index contributed by atoms with van der Waals surface area (Å²) in [6, 6.07) is 3.70. The van der Waals surface area contributed by atoms with Crippen LogP contribution in [0.2, 0.25) is 5.02 Å². The number of aromatic nitrogens is 2. The fraction of sp³-hybridized carbons (Fsp3) is 0.300. The van der Waals surface area contributed by atoms with Crippen LogP contribution in [0.15, 0.2) is 18.3 Å². The summed E-state index contributed by atoms with van der Waals surface area (Å²) in [7, 11) is 0. The zero-order valence-electron chi connectivity index (χ0n) is 8.40. The molecule has 80 valence electrons. The lowest BCUT2D eigenvalue weighted by molar-refractivity contribution is 1.09. The second kappa shape index (κ2) is 4.33. The molecule has 2 aromatic heterocycles. The molecule has 0 spiro atoms. The van der Waals surface area contributed by atoms with Gasteiger partial charge in [0.25, 0.3) is 0 Å². The average Bonchev–Trinajstić information content (AvgIpc) is 2.53. The van der Waals surface area contributed by atoms with Crippen LogP contribution >= 0.6 is 23.4 Å². The lowest BCUT2D eigenvalue weighted by atomic mass is 10.3. The maximum absolute atomic E-state index is 5.98. The van der Waals surface area contributed by atoms with Crippen molar-refractivity contribution >= 4 is 34.8 Å². The minimum absolute atomic E-state index is 0.669. The number of anilines is 1. The number of pyridine rings is 1. The molecule has 0 radical (unpaired) electrons. The molecule has 3 nitrogen and oxygen atoms in total. The maximum Gasteiger partial charge on any atom is 0.138 e. The minimum Gasteiger partial charge on any atom is -0.383 e. The van der Waals surface area contributed by atoms with Gasteiger partial charge in [0.1, 0.15) is 11.5 Å². The fourth-order valence-electron chi connectivity index (χ4n) is 1.47. The number of halogens is 1. The predicted molar refractivity (Wildman–Crippen MR) is 66.7 cm³/mol. The molecular weight excluding hydrogens is 230 g/mol. The van der Waals surface area contributed by atoms with E-state index in [1.807, 2.05) is 16.5 Å². The maximum atomic E-state index is 5.98. The van der Waals surface area contributed by atoms with Crippen molar-refractivity contribution in [2.45, 2.75) is 6.42 Å². The highest BCUT2D eigenvalue weighted by atomic mass is 35.5. The van der Waals surface area contributed by atoms with E-state index >= 15 is 0 Å². The first-order valence-electron chi connectivity index (χ1n) is 4.63. The molecule has 0 aliphatic heterocycles. The highest BCUT2D eigenvalue weighted by Crippen LogP contribution is 2.19. The van der Waals surface area contributed by atoms with Crippen molar-refractivity contribution in [3.8, 4) is 0 Å². The second-order valence-electron chi connectivity index (χ2n) is 3.26. The van der Waals surface area contributed by atoms with Gasteiger partial charge >= 0.3 is 0 Å². The van der Waals surface area contributed by atoms with Crippen molar-refractivity contribution in [2.24, 2.45) is 0 Å². The van der Waals surface area contributed by atoms with E-state index in [1.54, 1.807) is 18.0 Å². The number of nitrogen functional groups attached to an aromatic ring is 1. The van der Waals surface area contributed by atoms with Gasteiger partial charge in [-0.05, 0) is 24.1 Å². The number of aryl methyl sites for hydroxylation is 1. The van der Waals surface area contributed by atoms with Crippen LogP contribution in [0.3, 0.4) is 0 Å². The van der Waals surface area contributed by atoms with Crippen LogP contribution in [-0.2, 0) is 6.42 Å². The molecule has 2 N–H and O–H groups in total. The molecule has 0 unspecified atom stereocenters. The lowest BCUT2D eigenvalue weighted by Gasteiger charge is -1.97. The Labute approximate surface area is 97.6 Å². The molecule has 0 saturated carbocycles. The van der Waals surface area contributed by atoms with Crippen LogP contribution in [0, 0.1) is 0 Å². The Morgan fingerprint density at radius 1 is 1.53 bits per heavy atom. The molecule has 0 aliphatic carbocycles. The van der Waals surface area contributed by atoms with Crippen molar-refractivity contribution in [3.63, 3.8) is 0 Å². The molecule has 0 atom stereocenters. The standard InChI is InChI=1S/C10H12ClN3S/c1-15-5-4-8-10(12)14-6-7(11)2-3-9(14)13-8/h2-3,6H,4-5,12H2,1H3. The first kappa shape index (κ1) is 10.6. The minimum atomic E-state index is 0.669. The van der Waals surface area contributed by atoms with Crippen LogP contribution < -0.4 is 5.73 Å². The van der Waals surface area contributed by atoms with Crippen molar-refractivity contribution in [1.29, 1.82) is 0 Å². The molecule has 15 heavy (non-hydrogen) atoms. The summed E-state index contributed by atoms with van der Waals surface area (Å²) in [6.07, 6.45) is 4.76. The van der Waals surface area contributed by atoms with E-state index in [2.05, 4.69) is 11.2 Å². The third-order valence-electron chi connectivity index (χ3n) is 2.24. The monoisotopic (exact) mass is 241 g/mol. The quantitative estimate of drug-likeness (QED) is 0.898. The van der Waals surface area contributed by atoms with Crippen molar-refractivity contribution in [2.75, 3.05) is 17.7 Å². The summed E-state index contributed by atoms with van der Waals surface area (Å²) in [4.78, 5) is 4.46. The Balaban J connectivity index is 2.45. The van der Waals surface area contributed by atoms with Gasteiger partial charge in [-0.2, -0.15) is 11.8 Å². The Hall–Kier alpha value is -0.870. The van der Waals surface area contributed by atoms with Crippen molar-refractivity contribution < 1.29 is 0 Å². The van der Waals surface area contributed by atoms with E-state index in [1.165, 1.54) is 0 Å². The van der Waals surface area contributed by atoms with Gasteiger partial charge in [-0.15, -0.1) is 0 Å². The van der Waals surface area contributed by atoms with Crippen LogP contribution in [0.5, 0.6) is 0 Å². The fourth-order valence-corrected chi connectivity index (χ4v) is 2.03. The Morgan fingerprint density at radius 2 is 2.33 bits per heavy atom. The molecule has 0 aliphatic rings. The van der Waals surface area contributed by atoms with E-state index in [4.69, 9.17) is 17.3 Å². The molecule has 0 saturated heterocycles. The summed E-state index contributed by atoms with van der Waals surface area (Å²) in [5.41, 5.74) is 7.79. The number of nitrogens with two attached hydrogens (primary N) is 1. The summed E-state index contributed by atoms with van der Waals surface area (Å²) < 4.78 is 1.83. The molecule has 0 amide bonds. The first-order valence-corrected chi connectivity index (χ1v) is 6.40. The van der Waals surface area contributed by atoms with E-state index in [0.717, 1.165) is 23.5 Å². The van der Waals surface area contributed by atoms with Gasteiger partial charge in [0.15, 0.2) is 0 Å². The number of nitrogens with zero attached hydrogens (tertiary/aromatic N) is 2. The normalized spacial score (nSPS) is 11.1. The van der Waals surface area contributed by atoms with Gasteiger partial charge in [0.2, 0.25) is 0 Å². The lowest BCUT2D eigenvalue weighted by Crippen LogP contribution is -1.97. The van der Waals surface area contributed by atoms with E-state index in [0.29, 0.717) is 10.8 Å². The SMILES string of the molecule is CSCCc1nc2ccc(Cl)cn2c1N. The molecule has 0 aromatic carbocycles. The van der Waals surface area contributed by atoms with Gasteiger partial charge in [-0.3, -0.25) is 4.40 Å². The molecule has 0 fully saturated rings. The highest BCUT2D eigenvalue weighted by molar-refractivity contribution is 7.98. The number of fused-ring (bicyclic) bond motifs is 1. The number of imidazole rings is 1. The first-order chi connectivity index (χ1) is 7.22. The van der Waals surface area contributed by atoms with Crippen molar-refractivity contribution in [1.82, 2.24) is 9.38 Å². The van der Waals surface area contributed by atoms with Crippen LogP contribution in [0.4, 0.5) is 5.82 Å². The topological polar surface area (TPSA) is 43.3 Å². The summed E-state index contributed by atoms with van der Waals surface area (Å²) >= 11 is 7.68. The summed E-state index contributed by atoms with van der Waals surface area (Å²) in [5.74, 6) is 1.73. The Kier molecular flexibility index (Phi) is 3.07. The van der Waals surface area contributed by atoms with Crippen LogP contribution in [0.25, 0.3) is 5.65 Å². The van der Waals surface area contributed by atoms with Gasteiger partial charge < -0.3 is 5.73 Å². The molecular formula is C10H12ClN3S. The molecule has 2 heterocycles. The van der Waals surface area contributed by atoms with E-state index < -0.39 is 0 Å². The van der Waals surface area contributed by atoms with Gasteiger partial charge in [-0.25, -0.2) is 4.98 Å². The molecule has 2 aromatic rings. The smallest absolute Gasteiger partial charge is 0.138 e. The second-order valence-corrected chi connectivity index (χ2v) is 4.68. The highest BCUT2D eigenvalue weighted by Gasteiger charge is 2.08. The Morgan fingerprint density at radius 3 is 3.07 bits per heavy atom. The third-order valence-corrected chi connectivity index (χ3v) is 3.07. The number of thioether (sulfide) groups is 1. The van der Waals surface area contributed by atoms with E-state index in [9.17, 15) is 0 Å². The summed E-state index contributed by atoms with van der Waals surface area (Å²) in [6.45, 7) is 0. The zero-order valence-corrected chi connectivity index (χ0v) is 9.98. The number of hydrogen-bond acceptors (Lipinski definition) is 3. The number of rotatable bonds is 3. The van der Waals surface area contributed by atoms with Gasteiger partial charge in [-0.1, -0.05) is 11.6 Å². The molecule has 0 bridgehead atoms. The number of hydrogen-bond donors (Lipinski definition) is 1. The predicted octanol–water partition coefficient (Wildman–Crippen LogP) is 2.48.